The lowest BCUT2D eigenvalue weighted by Crippen LogP contribution is -2.31. The van der Waals surface area contributed by atoms with Crippen molar-refractivity contribution in [3.63, 3.8) is 0 Å². The van der Waals surface area contributed by atoms with Crippen LogP contribution >= 0.6 is 0 Å². The van der Waals surface area contributed by atoms with Crippen molar-refractivity contribution in [2.24, 2.45) is 0 Å². The molecular weight excluding hydrogens is 460 g/mol. The molecule has 2 aromatic heterocycles. The Kier molecular flexibility index (Phi) is 7.53. The molecule has 0 bridgehead atoms. The first-order valence-corrected chi connectivity index (χ1v) is 11.2. The summed E-state index contributed by atoms with van der Waals surface area (Å²) in [7, 11) is 3.18. The molecule has 0 aliphatic rings. The number of anilines is 3. The van der Waals surface area contributed by atoms with E-state index in [4.69, 9.17) is 14.2 Å². The number of carbonyl (C=O) groups is 1. The molecule has 0 saturated heterocycles. The van der Waals surface area contributed by atoms with E-state index >= 15 is 0 Å². The van der Waals surface area contributed by atoms with Gasteiger partial charge >= 0.3 is 6.03 Å². The molecule has 4 aromatic rings. The van der Waals surface area contributed by atoms with E-state index in [2.05, 4.69) is 27.1 Å². The van der Waals surface area contributed by atoms with Crippen LogP contribution in [0.5, 0.6) is 17.2 Å². The summed E-state index contributed by atoms with van der Waals surface area (Å²) < 4.78 is 17.6. The number of amides is 2. The van der Waals surface area contributed by atoms with Gasteiger partial charge < -0.3 is 30.2 Å². The van der Waals surface area contributed by atoms with Gasteiger partial charge in [0.2, 0.25) is 0 Å². The molecule has 2 amide bonds. The van der Waals surface area contributed by atoms with Crippen molar-refractivity contribution in [3.05, 3.63) is 72.1 Å². The normalized spacial score (nSPS) is 10.5. The van der Waals surface area contributed by atoms with Gasteiger partial charge in [-0.1, -0.05) is 0 Å². The van der Waals surface area contributed by atoms with Gasteiger partial charge in [0.05, 0.1) is 48.6 Å². The molecule has 0 fully saturated rings. The number of aryl methyl sites for hydroxylation is 1. The van der Waals surface area contributed by atoms with Crippen molar-refractivity contribution in [1.29, 1.82) is 5.26 Å². The summed E-state index contributed by atoms with van der Waals surface area (Å²) >= 11 is 0. The van der Waals surface area contributed by atoms with Crippen molar-refractivity contribution in [3.8, 4) is 23.3 Å². The molecule has 10 heteroatoms. The Morgan fingerprint density at radius 1 is 1.06 bits per heavy atom. The van der Waals surface area contributed by atoms with Crippen LogP contribution in [-0.4, -0.2) is 43.0 Å². The number of benzene rings is 2. The van der Waals surface area contributed by atoms with Crippen LogP contribution in [0, 0.1) is 18.3 Å². The average molecular weight is 487 g/mol. The Labute approximate surface area is 208 Å². The molecule has 0 unspecified atom stereocenters. The molecule has 0 atom stereocenters. The van der Waals surface area contributed by atoms with Crippen LogP contribution in [0.2, 0.25) is 0 Å². The first-order chi connectivity index (χ1) is 17.5. The molecule has 2 aromatic carbocycles. The van der Waals surface area contributed by atoms with Gasteiger partial charge in [-0.3, -0.25) is 0 Å². The van der Waals surface area contributed by atoms with Crippen LogP contribution < -0.4 is 25.4 Å². The summed E-state index contributed by atoms with van der Waals surface area (Å²) in [5.74, 6) is 2.11. The molecule has 0 aliphatic heterocycles. The second-order valence-corrected chi connectivity index (χ2v) is 7.81. The van der Waals surface area contributed by atoms with Gasteiger partial charge in [0, 0.05) is 24.9 Å². The minimum absolute atomic E-state index is 0.353. The molecule has 36 heavy (non-hydrogen) atoms. The fourth-order valence-electron chi connectivity index (χ4n) is 3.59. The van der Waals surface area contributed by atoms with Gasteiger partial charge in [0.25, 0.3) is 0 Å². The van der Waals surface area contributed by atoms with E-state index in [1.54, 1.807) is 24.9 Å². The van der Waals surface area contributed by atoms with Crippen molar-refractivity contribution < 1.29 is 19.0 Å². The van der Waals surface area contributed by atoms with Crippen LogP contribution in [0.3, 0.4) is 0 Å². The monoisotopic (exact) mass is 486 g/mol. The number of urea groups is 1. The highest BCUT2D eigenvalue weighted by molar-refractivity contribution is 5.94. The van der Waals surface area contributed by atoms with E-state index in [0.29, 0.717) is 47.1 Å². The fraction of sp³-hybridized carbons (Fsp3) is 0.192. The quantitative estimate of drug-likeness (QED) is 0.290. The Balaban J connectivity index is 1.55. The SMILES string of the molecule is COCCNC(=O)Nc1cn2ncc(C#N)c(Nc3ccc(Oc4ccc(OC)cc4)cc3)c2c1C. The van der Waals surface area contributed by atoms with E-state index in [1.165, 1.54) is 6.20 Å². The lowest BCUT2D eigenvalue weighted by atomic mass is 10.1. The van der Waals surface area contributed by atoms with Gasteiger partial charge in [-0.2, -0.15) is 10.4 Å². The third kappa shape index (κ3) is 5.48. The number of aromatic nitrogens is 2. The van der Waals surface area contributed by atoms with E-state index in [-0.39, 0.29) is 6.03 Å². The van der Waals surface area contributed by atoms with Gasteiger partial charge in [0.1, 0.15) is 23.3 Å². The van der Waals surface area contributed by atoms with E-state index in [1.807, 2.05) is 55.5 Å². The molecular formula is C26H26N6O4. The maximum absolute atomic E-state index is 12.2. The maximum atomic E-state index is 12.2. The van der Waals surface area contributed by atoms with Crippen LogP contribution in [0.1, 0.15) is 11.1 Å². The number of hydrogen-bond acceptors (Lipinski definition) is 7. The maximum Gasteiger partial charge on any atom is 0.319 e. The number of nitrogens with zero attached hydrogens (tertiary/aromatic N) is 3. The zero-order chi connectivity index (χ0) is 25.5. The number of fused-ring (bicyclic) bond motifs is 1. The minimum Gasteiger partial charge on any atom is -0.497 e. The van der Waals surface area contributed by atoms with Gasteiger partial charge in [-0.05, 0) is 55.5 Å². The van der Waals surface area contributed by atoms with E-state index in [9.17, 15) is 10.1 Å². The molecule has 10 nitrogen and oxygen atoms in total. The summed E-state index contributed by atoms with van der Waals surface area (Å²) in [5.41, 5.74) is 3.75. The molecule has 0 radical (unpaired) electrons. The largest absolute Gasteiger partial charge is 0.497 e. The first-order valence-electron chi connectivity index (χ1n) is 11.2. The van der Waals surface area contributed by atoms with E-state index in [0.717, 1.165) is 17.0 Å². The summed E-state index contributed by atoms with van der Waals surface area (Å²) in [6.45, 7) is 2.66. The van der Waals surface area contributed by atoms with Crippen LogP contribution in [0.25, 0.3) is 5.52 Å². The Morgan fingerprint density at radius 2 is 1.72 bits per heavy atom. The highest BCUT2D eigenvalue weighted by Crippen LogP contribution is 2.33. The molecule has 3 N–H and O–H groups in total. The van der Waals surface area contributed by atoms with Crippen LogP contribution in [0.4, 0.5) is 21.9 Å². The third-order valence-electron chi connectivity index (χ3n) is 5.44. The number of carbonyl (C=O) groups excluding carboxylic acids is 1. The number of methoxy groups -OCH3 is 2. The molecule has 0 aliphatic carbocycles. The lowest BCUT2D eigenvalue weighted by molar-refractivity contribution is 0.198. The number of nitrogens with one attached hydrogen (secondary N) is 3. The number of nitriles is 1. The number of hydrogen-bond donors (Lipinski definition) is 3. The van der Waals surface area contributed by atoms with Crippen molar-refractivity contribution in [1.82, 2.24) is 14.9 Å². The topological polar surface area (TPSA) is 122 Å². The standard InChI is InChI=1S/C26H26N6O4/c1-17-23(31-26(33)28-12-13-34-2)16-32-25(17)24(18(14-27)15-29-32)30-19-4-6-21(7-5-19)36-22-10-8-20(35-3)9-11-22/h4-11,15-16,30H,12-13H2,1-3H3,(H2,28,31,33). The van der Waals surface area contributed by atoms with Crippen LogP contribution in [0.15, 0.2) is 60.9 Å². The lowest BCUT2D eigenvalue weighted by Gasteiger charge is -2.12. The Morgan fingerprint density at radius 3 is 2.36 bits per heavy atom. The smallest absolute Gasteiger partial charge is 0.319 e. The summed E-state index contributed by atoms with van der Waals surface area (Å²) in [6.07, 6.45) is 3.19. The molecule has 184 valence electrons. The zero-order valence-electron chi connectivity index (χ0n) is 20.2. The molecule has 4 rings (SSSR count). The highest BCUT2D eigenvalue weighted by atomic mass is 16.5. The number of ether oxygens (including phenoxy) is 3. The first kappa shape index (κ1) is 24.4. The fourth-order valence-corrected chi connectivity index (χ4v) is 3.59. The predicted molar refractivity (Wildman–Crippen MR) is 136 cm³/mol. The second kappa shape index (κ2) is 11.1. The minimum atomic E-state index is -0.353. The third-order valence-corrected chi connectivity index (χ3v) is 5.44. The predicted octanol–water partition coefficient (Wildman–Crippen LogP) is 4.83. The average Bonchev–Trinajstić information content (AvgIpc) is 3.21. The van der Waals surface area contributed by atoms with Crippen LogP contribution in [-0.2, 0) is 4.74 Å². The molecule has 0 saturated carbocycles. The Bertz CT molecular complexity index is 1390. The number of rotatable bonds is 9. The highest BCUT2D eigenvalue weighted by Gasteiger charge is 2.17. The summed E-state index contributed by atoms with van der Waals surface area (Å²) in [6, 6.07) is 16.5. The summed E-state index contributed by atoms with van der Waals surface area (Å²) in [4.78, 5) is 12.2. The van der Waals surface area contributed by atoms with Gasteiger partial charge in [0.15, 0.2) is 0 Å². The van der Waals surface area contributed by atoms with Gasteiger partial charge in [-0.25, -0.2) is 9.31 Å². The van der Waals surface area contributed by atoms with E-state index < -0.39 is 0 Å². The van der Waals surface area contributed by atoms with Crippen molar-refractivity contribution >= 4 is 28.6 Å². The zero-order valence-corrected chi connectivity index (χ0v) is 20.2. The van der Waals surface area contributed by atoms with Gasteiger partial charge in [-0.15, -0.1) is 0 Å². The Hall–Kier alpha value is -4.75. The second-order valence-electron chi connectivity index (χ2n) is 7.81. The van der Waals surface area contributed by atoms with Crippen molar-refractivity contribution in [2.45, 2.75) is 6.92 Å². The molecule has 2 heterocycles. The summed E-state index contributed by atoms with van der Waals surface area (Å²) in [5, 5.41) is 22.9. The molecule has 0 spiro atoms. The van der Waals surface area contributed by atoms with Crippen molar-refractivity contribution in [2.75, 3.05) is 38.0 Å².